The van der Waals surface area contributed by atoms with E-state index in [1.807, 2.05) is 6.07 Å². The molecule has 6 heteroatoms. The fraction of sp³-hybridized carbons (Fsp3) is 0.533. The number of anilines is 1. The van der Waals surface area contributed by atoms with Gasteiger partial charge in [-0.15, -0.1) is 0 Å². The van der Waals surface area contributed by atoms with Gasteiger partial charge in [-0.1, -0.05) is 6.07 Å². The zero-order valence-electron chi connectivity index (χ0n) is 12.6. The van der Waals surface area contributed by atoms with Gasteiger partial charge in [0.15, 0.2) is 0 Å². The monoisotopic (exact) mass is 291 g/mol. The van der Waals surface area contributed by atoms with Crippen molar-refractivity contribution in [2.45, 2.75) is 45.3 Å². The van der Waals surface area contributed by atoms with Crippen molar-refractivity contribution in [3.63, 3.8) is 0 Å². The van der Waals surface area contributed by atoms with Crippen molar-refractivity contribution in [1.82, 2.24) is 10.3 Å². The number of ether oxygens (including phenoxy) is 1. The molecule has 2 amide bonds. The molecule has 0 bridgehead atoms. The molecule has 1 aromatic rings. The van der Waals surface area contributed by atoms with Gasteiger partial charge in [0, 0.05) is 12.7 Å². The maximum Gasteiger partial charge on any atom is 0.408 e. The summed E-state index contributed by atoms with van der Waals surface area (Å²) < 4.78 is 5.19. The summed E-state index contributed by atoms with van der Waals surface area (Å²) in [6.07, 6.45) is 2.50. The maximum absolute atomic E-state index is 12.4. The number of carbonyl (C=O) groups excluding carboxylic acids is 2. The van der Waals surface area contributed by atoms with E-state index in [1.54, 1.807) is 44.0 Å². The van der Waals surface area contributed by atoms with Crippen molar-refractivity contribution in [3.8, 4) is 0 Å². The minimum absolute atomic E-state index is 0.147. The third-order valence-electron chi connectivity index (χ3n) is 3.06. The second-order valence-corrected chi connectivity index (χ2v) is 6.02. The Bertz CT molecular complexity index is 511. The van der Waals surface area contributed by atoms with Crippen LogP contribution in [0.15, 0.2) is 24.4 Å². The normalized spacial score (nSPS) is 19.3. The number of nitrogens with zero attached hydrogens (tertiary/aromatic N) is 2. The summed E-state index contributed by atoms with van der Waals surface area (Å²) in [6, 6.07) is 4.86. The SMILES string of the molecule is CC(C)(C)OC(=O)NC1CCCN(c2ccccn2)C1=O. The number of nitrogens with one attached hydrogen (secondary N) is 1. The third kappa shape index (κ3) is 4.18. The highest BCUT2D eigenvalue weighted by atomic mass is 16.6. The number of piperidine rings is 1. The molecule has 1 atom stereocenters. The third-order valence-corrected chi connectivity index (χ3v) is 3.06. The molecule has 1 aliphatic rings. The molecule has 0 aromatic carbocycles. The van der Waals surface area contributed by atoms with Gasteiger partial charge in [0.1, 0.15) is 17.5 Å². The first-order chi connectivity index (χ1) is 9.87. The number of carbonyl (C=O) groups is 2. The highest BCUT2D eigenvalue weighted by Crippen LogP contribution is 2.19. The second kappa shape index (κ2) is 6.11. The number of alkyl carbamates (subject to hydrolysis) is 1. The number of pyridine rings is 1. The lowest BCUT2D eigenvalue weighted by Gasteiger charge is -2.32. The fourth-order valence-electron chi connectivity index (χ4n) is 2.20. The van der Waals surface area contributed by atoms with Gasteiger partial charge < -0.3 is 10.1 Å². The van der Waals surface area contributed by atoms with E-state index in [-0.39, 0.29) is 5.91 Å². The van der Waals surface area contributed by atoms with Gasteiger partial charge in [0.05, 0.1) is 0 Å². The highest BCUT2D eigenvalue weighted by molar-refractivity contribution is 5.98. The number of aromatic nitrogens is 1. The predicted molar refractivity (Wildman–Crippen MR) is 79.0 cm³/mol. The van der Waals surface area contributed by atoms with Crippen LogP contribution in [0.1, 0.15) is 33.6 Å². The van der Waals surface area contributed by atoms with Crippen LogP contribution in [0, 0.1) is 0 Å². The van der Waals surface area contributed by atoms with Crippen LogP contribution in [0.2, 0.25) is 0 Å². The molecule has 1 fully saturated rings. The molecule has 1 aromatic heterocycles. The van der Waals surface area contributed by atoms with Crippen LogP contribution in [-0.4, -0.2) is 35.2 Å². The number of rotatable bonds is 2. The van der Waals surface area contributed by atoms with Crippen LogP contribution >= 0.6 is 0 Å². The van der Waals surface area contributed by atoms with Crippen LogP contribution in [0.4, 0.5) is 10.6 Å². The van der Waals surface area contributed by atoms with Crippen molar-refractivity contribution in [1.29, 1.82) is 0 Å². The molecule has 0 spiro atoms. The quantitative estimate of drug-likeness (QED) is 0.905. The largest absolute Gasteiger partial charge is 0.444 e. The summed E-state index contributed by atoms with van der Waals surface area (Å²) in [5, 5.41) is 2.64. The Hall–Kier alpha value is -2.11. The molecule has 1 aliphatic heterocycles. The Labute approximate surface area is 124 Å². The van der Waals surface area contributed by atoms with Crippen molar-refractivity contribution in [2.75, 3.05) is 11.4 Å². The molecule has 0 saturated carbocycles. The molecule has 6 nitrogen and oxygen atoms in total. The van der Waals surface area contributed by atoms with E-state index >= 15 is 0 Å². The Morgan fingerprint density at radius 2 is 2.19 bits per heavy atom. The Balaban J connectivity index is 2.02. The van der Waals surface area contributed by atoms with Crippen LogP contribution in [-0.2, 0) is 9.53 Å². The van der Waals surface area contributed by atoms with E-state index in [2.05, 4.69) is 10.3 Å². The van der Waals surface area contributed by atoms with Crippen molar-refractivity contribution in [3.05, 3.63) is 24.4 Å². The topological polar surface area (TPSA) is 71.5 Å². The first-order valence-corrected chi connectivity index (χ1v) is 7.09. The van der Waals surface area contributed by atoms with E-state index in [1.165, 1.54) is 0 Å². The molecule has 1 unspecified atom stereocenters. The summed E-state index contributed by atoms with van der Waals surface area (Å²) in [5.74, 6) is 0.462. The van der Waals surface area contributed by atoms with Gasteiger partial charge in [-0.25, -0.2) is 9.78 Å². The predicted octanol–water partition coefficient (Wildman–Crippen LogP) is 2.10. The molecule has 0 radical (unpaired) electrons. The zero-order chi connectivity index (χ0) is 15.5. The van der Waals surface area contributed by atoms with E-state index < -0.39 is 17.7 Å². The molecule has 114 valence electrons. The molecule has 2 heterocycles. The van der Waals surface area contributed by atoms with E-state index in [4.69, 9.17) is 4.74 Å². The first-order valence-electron chi connectivity index (χ1n) is 7.09. The van der Waals surface area contributed by atoms with E-state index in [9.17, 15) is 9.59 Å². The summed E-state index contributed by atoms with van der Waals surface area (Å²) in [4.78, 5) is 30.0. The smallest absolute Gasteiger partial charge is 0.408 e. The molecule has 1 N–H and O–H groups in total. The van der Waals surface area contributed by atoms with E-state index in [0.717, 1.165) is 6.42 Å². The van der Waals surface area contributed by atoms with Crippen molar-refractivity contribution < 1.29 is 14.3 Å². The molecular weight excluding hydrogens is 270 g/mol. The lowest BCUT2D eigenvalue weighted by atomic mass is 10.0. The summed E-state index contributed by atoms with van der Waals surface area (Å²) in [7, 11) is 0. The van der Waals surface area contributed by atoms with E-state index in [0.29, 0.717) is 18.8 Å². The van der Waals surface area contributed by atoms with Gasteiger partial charge in [0.2, 0.25) is 0 Å². The number of hydrogen-bond donors (Lipinski definition) is 1. The zero-order valence-corrected chi connectivity index (χ0v) is 12.6. The lowest BCUT2D eigenvalue weighted by molar-refractivity contribution is -0.121. The first kappa shape index (κ1) is 15.3. The number of amides is 2. The average Bonchev–Trinajstić information content (AvgIpc) is 2.40. The molecule has 0 aliphatic carbocycles. The summed E-state index contributed by atoms with van der Waals surface area (Å²) in [6.45, 7) is 5.97. The highest BCUT2D eigenvalue weighted by Gasteiger charge is 2.32. The van der Waals surface area contributed by atoms with Crippen LogP contribution < -0.4 is 10.2 Å². The molecule has 21 heavy (non-hydrogen) atoms. The minimum atomic E-state index is -0.581. The van der Waals surface area contributed by atoms with Crippen LogP contribution in [0.3, 0.4) is 0 Å². The second-order valence-electron chi connectivity index (χ2n) is 6.02. The molecular formula is C15H21N3O3. The minimum Gasteiger partial charge on any atom is -0.444 e. The van der Waals surface area contributed by atoms with Gasteiger partial charge in [0.25, 0.3) is 5.91 Å². The summed E-state index contributed by atoms with van der Waals surface area (Å²) in [5.41, 5.74) is -0.581. The van der Waals surface area contributed by atoms with Gasteiger partial charge in [-0.05, 0) is 45.7 Å². The van der Waals surface area contributed by atoms with Gasteiger partial charge >= 0.3 is 6.09 Å². The maximum atomic E-state index is 12.4. The Morgan fingerprint density at radius 1 is 1.43 bits per heavy atom. The molecule has 2 rings (SSSR count). The van der Waals surface area contributed by atoms with Gasteiger partial charge in [-0.2, -0.15) is 0 Å². The molecule has 1 saturated heterocycles. The van der Waals surface area contributed by atoms with Gasteiger partial charge in [-0.3, -0.25) is 9.69 Å². The van der Waals surface area contributed by atoms with Crippen LogP contribution in [0.5, 0.6) is 0 Å². The Kier molecular flexibility index (Phi) is 4.45. The number of hydrogen-bond acceptors (Lipinski definition) is 4. The standard InChI is InChI=1S/C15H21N3O3/c1-15(2,3)21-14(20)17-11-7-6-10-18(13(11)19)12-8-4-5-9-16-12/h4-5,8-9,11H,6-7,10H2,1-3H3,(H,17,20). The van der Waals surface area contributed by atoms with Crippen LogP contribution in [0.25, 0.3) is 0 Å². The average molecular weight is 291 g/mol. The van der Waals surface area contributed by atoms with Crippen molar-refractivity contribution in [2.24, 2.45) is 0 Å². The summed E-state index contributed by atoms with van der Waals surface area (Å²) >= 11 is 0. The lowest BCUT2D eigenvalue weighted by Crippen LogP contribution is -2.53. The van der Waals surface area contributed by atoms with Crippen molar-refractivity contribution >= 4 is 17.8 Å². The Morgan fingerprint density at radius 3 is 2.81 bits per heavy atom. The fourth-order valence-corrected chi connectivity index (χ4v) is 2.20.